The van der Waals surface area contributed by atoms with E-state index in [2.05, 4.69) is 5.32 Å². The Morgan fingerprint density at radius 2 is 2.35 bits per heavy atom. The minimum atomic E-state index is -0.763. The van der Waals surface area contributed by atoms with Crippen LogP contribution in [0.1, 0.15) is 18.4 Å². The third-order valence-electron chi connectivity index (χ3n) is 3.13. The number of benzene rings is 1. The average Bonchev–Trinajstić information content (AvgIpc) is 2.32. The summed E-state index contributed by atoms with van der Waals surface area (Å²) in [6.07, 6.45) is 3.03. The molecule has 0 aromatic heterocycles. The standard InChI is InChI=1S/C12H15FN2O2/c13-11-4-3-9(7-12(11)15(16)17)6-10-2-1-5-14-8-10/h3-4,7,10,14H,1-2,5-6,8H2. The first-order valence-electron chi connectivity index (χ1n) is 5.80. The normalized spacial score (nSPS) is 20.2. The molecule has 1 N–H and O–H groups in total. The van der Waals surface area contributed by atoms with Gasteiger partial charge in [0.05, 0.1) is 4.92 Å². The van der Waals surface area contributed by atoms with Crippen molar-refractivity contribution in [3.63, 3.8) is 0 Å². The van der Waals surface area contributed by atoms with Gasteiger partial charge in [-0.1, -0.05) is 6.07 Å². The minimum Gasteiger partial charge on any atom is -0.316 e. The fourth-order valence-corrected chi connectivity index (χ4v) is 2.26. The molecule has 1 aliphatic heterocycles. The molecule has 0 aliphatic carbocycles. The van der Waals surface area contributed by atoms with Crippen molar-refractivity contribution in [3.05, 3.63) is 39.7 Å². The van der Waals surface area contributed by atoms with Gasteiger partial charge in [0.1, 0.15) is 0 Å². The van der Waals surface area contributed by atoms with Crippen LogP contribution in [-0.4, -0.2) is 18.0 Å². The van der Waals surface area contributed by atoms with E-state index in [4.69, 9.17) is 0 Å². The van der Waals surface area contributed by atoms with E-state index in [0.717, 1.165) is 37.9 Å². The van der Waals surface area contributed by atoms with Gasteiger partial charge in [-0.15, -0.1) is 0 Å². The number of hydrogen-bond acceptors (Lipinski definition) is 3. The van der Waals surface area contributed by atoms with Crippen molar-refractivity contribution in [1.82, 2.24) is 5.32 Å². The summed E-state index contributed by atoms with van der Waals surface area (Å²) in [5, 5.41) is 13.9. The SMILES string of the molecule is O=[N+]([O-])c1cc(CC2CCCNC2)ccc1F. The van der Waals surface area contributed by atoms with Crippen molar-refractivity contribution < 1.29 is 9.31 Å². The van der Waals surface area contributed by atoms with Crippen LogP contribution >= 0.6 is 0 Å². The van der Waals surface area contributed by atoms with Crippen LogP contribution in [0.2, 0.25) is 0 Å². The second-order valence-electron chi connectivity index (χ2n) is 4.46. The van der Waals surface area contributed by atoms with E-state index in [1.54, 1.807) is 6.07 Å². The average molecular weight is 238 g/mol. The van der Waals surface area contributed by atoms with E-state index in [-0.39, 0.29) is 0 Å². The molecule has 17 heavy (non-hydrogen) atoms. The number of nitro benzene ring substituents is 1. The predicted molar refractivity (Wildman–Crippen MR) is 62.4 cm³/mol. The Labute approximate surface area is 99.0 Å². The molecule has 4 nitrogen and oxygen atoms in total. The molecule has 0 radical (unpaired) electrons. The number of piperidine rings is 1. The number of nitrogens with one attached hydrogen (secondary N) is 1. The molecular weight excluding hydrogens is 223 g/mol. The van der Waals surface area contributed by atoms with Gasteiger partial charge in [0.2, 0.25) is 5.82 Å². The van der Waals surface area contributed by atoms with E-state index in [1.165, 1.54) is 12.1 Å². The largest absolute Gasteiger partial charge is 0.316 e. The van der Waals surface area contributed by atoms with Crippen molar-refractivity contribution in [2.45, 2.75) is 19.3 Å². The van der Waals surface area contributed by atoms with Crippen molar-refractivity contribution >= 4 is 5.69 Å². The molecule has 1 aromatic rings. The molecule has 1 fully saturated rings. The zero-order chi connectivity index (χ0) is 12.3. The lowest BCUT2D eigenvalue weighted by Crippen LogP contribution is -2.30. The molecule has 1 atom stereocenters. The molecule has 1 heterocycles. The van der Waals surface area contributed by atoms with Crippen LogP contribution < -0.4 is 5.32 Å². The van der Waals surface area contributed by atoms with Gasteiger partial charge in [0, 0.05) is 6.07 Å². The number of rotatable bonds is 3. The summed E-state index contributed by atoms with van der Waals surface area (Å²) < 4.78 is 13.1. The van der Waals surface area contributed by atoms with E-state index in [0.29, 0.717) is 5.92 Å². The molecule has 1 aliphatic rings. The van der Waals surface area contributed by atoms with Gasteiger partial charge in [-0.3, -0.25) is 10.1 Å². The summed E-state index contributed by atoms with van der Waals surface area (Å²) in [7, 11) is 0. The van der Waals surface area contributed by atoms with Gasteiger partial charge >= 0.3 is 5.69 Å². The van der Waals surface area contributed by atoms with Crippen molar-refractivity contribution in [3.8, 4) is 0 Å². The summed E-state index contributed by atoms with van der Waals surface area (Å²) >= 11 is 0. The van der Waals surface area contributed by atoms with Gasteiger partial charge in [0.25, 0.3) is 0 Å². The van der Waals surface area contributed by atoms with Gasteiger partial charge in [-0.2, -0.15) is 4.39 Å². The van der Waals surface area contributed by atoms with Gasteiger partial charge < -0.3 is 5.32 Å². The first-order chi connectivity index (χ1) is 8.16. The zero-order valence-electron chi connectivity index (χ0n) is 9.49. The first-order valence-corrected chi connectivity index (χ1v) is 5.80. The topological polar surface area (TPSA) is 55.2 Å². The highest BCUT2D eigenvalue weighted by Gasteiger charge is 2.17. The summed E-state index contributed by atoms with van der Waals surface area (Å²) in [6, 6.07) is 4.17. The van der Waals surface area contributed by atoms with Crippen LogP contribution in [0.4, 0.5) is 10.1 Å². The molecule has 5 heteroatoms. The fourth-order valence-electron chi connectivity index (χ4n) is 2.26. The smallest absolute Gasteiger partial charge is 0.305 e. The molecule has 92 valence electrons. The molecular formula is C12H15FN2O2. The Kier molecular flexibility index (Phi) is 3.68. The Morgan fingerprint density at radius 1 is 1.53 bits per heavy atom. The number of hydrogen-bond donors (Lipinski definition) is 1. The van der Waals surface area contributed by atoms with Crippen LogP contribution in [0.25, 0.3) is 0 Å². The molecule has 1 unspecified atom stereocenters. The van der Waals surface area contributed by atoms with Crippen molar-refractivity contribution in [2.75, 3.05) is 13.1 Å². The van der Waals surface area contributed by atoms with E-state index < -0.39 is 16.4 Å². The maximum Gasteiger partial charge on any atom is 0.305 e. The Bertz CT molecular complexity index is 417. The van der Waals surface area contributed by atoms with Crippen LogP contribution in [-0.2, 0) is 6.42 Å². The highest BCUT2D eigenvalue weighted by Crippen LogP contribution is 2.22. The minimum absolute atomic E-state index is 0.425. The third-order valence-corrected chi connectivity index (χ3v) is 3.13. The maximum absolute atomic E-state index is 13.1. The molecule has 0 saturated carbocycles. The summed E-state index contributed by atoms with van der Waals surface area (Å²) in [5.41, 5.74) is 0.415. The highest BCUT2D eigenvalue weighted by molar-refractivity contribution is 5.36. The first kappa shape index (κ1) is 12.0. The lowest BCUT2D eigenvalue weighted by Gasteiger charge is -2.22. The Hall–Kier alpha value is -1.49. The molecule has 1 saturated heterocycles. The molecule has 0 spiro atoms. The molecule has 0 amide bonds. The third kappa shape index (κ3) is 3.00. The predicted octanol–water partition coefficient (Wildman–Crippen LogP) is 2.28. The van der Waals surface area contributed by atoms with Crippen LogP contribution in [0.15, 0.2) is 18.2 Å². The molecule has 0 bridgehead atoms. The van der Waals surface area contributed by atoms with Crippen LogP contribution in [0.5, 0.6) is 0 Å². The van der Waals surface area contributed by atoms with Crippen LogP contribution in [0.3, 0.4) is 0 Å². The van der Waals surface area contributed by atoms with E-state index in [9.17, 15) is 14.5 Å². The second-order valence-corrected chi connectivity index (χ2v) is 4.46. The fraction of sp³-hybridized carbons (Fsp3) is 0.500. The highest BCUT2D eigenvalue weighted by atomic mass is 19.1. The number of halogens is 1. The van der Waals surface area contributed by atoms with Crippen LogP contribution in [0, 0.1) is 21.8 Å². The summed E-state index contributed by atoms with van der Waals surface area (Å²) in [4.78, 5) is 9.95. The second kappa shape index (κ2) is 5.23. The quantitative estimate of drug-likeness (QED) is 0.649. The number of nitro groups is 1. The lowest BCUT2D eigenvalue weighted by molar-refractivity contribution is -0.387. The monoisotopic (exact) mass is 238 g/mol. The Morgan fingerprint density at radius 3 is 3.00 bits per heavy atom. The van der Waals surface area contributed by atoms with Gasteiger partial charge in [-0.25, -0.2) is 0 Å². The maximum atomic E-state index is 13.1. The summed E-state index contributed by atoms with van der Waals surface area (Å²) in [5.74, 6) is -0.269. The van der Waals surface area contributed by atoms with E-state index >= 15 is 0 Å². The summed E-state index contributed by atoms with van der Waals surface area (Å²) in [6.45, 7) is 1.98. The number of nitrogens with zero attached hydrogens (tertiary/aromatic N) is 1. The molecule has 1 aromatic carbocycles. The Balaban J connectivity index is 2.10. The molecule has 2 rings (SSSR count). The van der Waals surface area contributed by atoms with Gasteiger partial charge in [-0.05, 0) is 49.9 Å². The lowest BCUT2D eigenvalue weighted by atomic mass is 9.92. The van der Waals surface area contributed by atoms with Crippen molar-refractivity contribution in [1.29, 1.82) is 0 Å². The zero-order valence-corrected chi connectivity index (χ0v) is 9.49. The van der Waals surface area contributed by atoms with Crippen molar-refractivity contribution in [2.24, 2.45) is 5.92 Å². The van der Waals surface area contributed by atoms with Gasteiger partial charge in [0.15, 0.2) is 0 Å². The van der Waals surface area contributed by atoms with E-state index in [1.807, 2.05) is 0 Å².